The van der Waals surface area contributed by atoms with Crippen molar-refractivity contribution in [2.45, 2.75) is 37.6 Å². The summed E-state index contributed by atoms with van der Waals surface area (Å²) in [7, 11) is 0. The molecule has 31 heavy (non-hydrogen) atoms. The average Bonchev–Trinajstić information content (AvgIpc) is 3.38. The van der Waals surface area contributed by atoms with Gasteiger partial charge in [0.25, 0.3) is 0 Å². The molecule has 0 spiro atoms. The van der Waals surface area contributed by atoms with E-state index in [2.05, 4.69) is 27.2 Å². The molecule has 1 aromatic heterocycles. The summed E-state index contributed by atoms with van der Waals surface area (Å²) in [5, 5.41) is 13.9. The fourth-order valence-corrected chi connectivity index (χ4v) is 4.46. The number of benzene rings is 2. The molecule has 2 aliphatic rings. The second-order valence-corrected chi connectivity index (χ2v) is 9.16. The zero-order chi connectivity index (χ0) is 21.4. The molecule has 0 atom stereocenters. The van der Waals surface area contributed by atoms with Crippen molar-refractivity contribution >= 4 is 17.6 Å². The number of carboxylic acids is 1. The molecule has 0 unspecified atom stereocenters. The third kappa shape index (κ3) is 4.36. The highest BCUT2D eigenvalue weighted by Gasteiger charge is 2.43. The Kier molecular flexibility index (Phi) is 5.28. The first kappa shape index (κ1) is 20.2. The molecule has 6 nitrogen and oxygen atoms in total. The molecule has 0 radical (unpaired) electrons. The summed E-state index contributed by atoms with van der Waals surface area (Å²) < 4.78 is 5.51. The maximum atomic E-state index is 10.9. The van der Waals surface area contributed by atoms with Crippen LogP contribution < -0.4 is 0 Å². The van der Waals surface area contributed by atoms with Gasteiger partial charge in [0.2, 0.25) is 11.7 Å². The number of halogens is 1. The van der Waals surface area contributed by atoms with E-state index >= 15 is 0 Å². The van der Waals surface area contributed by atoms with E-state index in [9.17, 15) is 4.79 Å². The summed E-state index contributed by atoms with van der Waals surface area (Å²) in [6.07, 6.45) is 4.11. The van der Waals surface area contributed by atoms with Crippen molar-refractivity contribution in [2.75, 3.05) is 13.1 Å². The van der Waals surface area contributed by atoms with Crippen LogP contribution in [0.25, 0.3) is 11.4 Å². The molecule has 0 amide bonds. The average molecular weight is 438 g/mol. The van der Waals surface area contributed by atoms with E-state index < -0.39 is 5.97 Å². The molecule has 1 aliphatic heterocycles. The fraction of sp³-hybridized carbons (Fsp3) is 0.375. The van der Waals surface area contributed by atoms with E-state index in [1.54, 1.807) is 0 Å². The van der Waals surface area contributed by atoms with Crippen molar-refractivity contribution in [3.05, 3.63) is 70.6 Å². The lowest BCUT2D eigenvalue weighted by molar-refractivity contribution is -0.147. The Morgan fingerprint density at radius 2 is 1.84 bits per heavy atom. The van der Waals surface area contributed by atoms with Crippen LogP contribution in [0.2, 0.25) is 5.02 Å². The van der Waals surface area contributed by atoms with E-state index in [4.69, 9.17) is 21.2 Å². The molecule has 160 valence electrons. The molecule has 7 heteroatoms. The van der Waals surface area contributed by atoms with Gasteiger partial charge in [0.15, 0.2) is 0 Å². The van der Waals surface area contributed by atoms with Gasteiger partial charge in [-0.05, 0) is 47.9 Å². The minimum Gasteiger partial charge on any atom is -0.481 e. The maximum absolute atomic E-state index is 10.9. The number of carbonyl (C=O) groups is 1. The smallest absolute Gasteiger partial charge is 0.309 e. The first-order valence-corrected chi connectivity index (χ1v) is 11.0. The van der Waals surface area contributed by atoms with E-state index in [1.165, 1.54) is 18.4 Å². The van der Waals surface area contributed by atoms with Crippen LogP contribution in [0.5, 0.6) is 0 Å². The molecule has 1 saturated heterocycles. The number of aliphatic carboxylic acids is 1. The van der Waals surface area contributed by atoms with Crippen LogP contribution in [-0.2, 0) is 23.2 Å². The van der Waals surface area contributed by atoms with Gasteiger partial charge in [0.1, 0.15) is 0 Å². The van der Waals surface area contributed by atoms with E-state index in [-0.39, 0.29) is 11.3 Å². The number of aromatic nitrogens is 2. The molecular formula is C24H24ClN3O3. The van der Waals surface area contributed by atoms with Crippen LogP contribution in [0.4, 0.5) is 0 Å². The zero-order valence-electron chi connectivity index (χ0n) is 17.1. The van der Waals surface area contributed by atoms with Gasteiger partial charge in [0, 0.05) is 36.6 Å². The minimum atomic E-state index is -0.708. The highest BCUT2D eigenvalue weighted by molar-refractivity contribution is 6.30. The molecule has 3 aromatic rings. The van der Waals surface area contributed by atoms with Crippen LogP contribution in [0.15, 0.2) is 53.1 Å². The fourth-order valence-electron chi connectivity index (χ4n) is 4.33. The third-order valence-corrected chi connectivity index (χ3v) is 6.77. The van der Waals surface area contributed by atoms with Gasteiger partial charge in [0.05, 0.1) is 5.92 Å². The summed E-state index contributed by atoms with van der Waals surface area (Å²) in [6.45, 7) is 1.99. The molecule has 2 aromatic carbocycles. The van der Waals surface area contributed by atoms with Gasteiger partial charge in [-0.15, -0.1) is 0 Å². The summed E-state index contributed by atoms with van der Waals surface area (Å²) >= 11 is 6.02. The van der Waals surface area contributed by atoms with Crippen molar-refractivity contribution in [2.24, 2.45) is 5.92 Å². The Morgan fingerprint density at radius 3 is 2.48 bits per heavy atom. The van der Waals surface area contributed by atoms with Gasteiger partial charge < -0.3 is 9.63 Å². The lowest BCUT2D eigenvalue weighted by atomic mass is 9.91. The van der Waals surface area contributed by atoms with Crippen LogP contribution in [-0.4, -0.2) is 39.2 Å². The number of rotatable bonds is 8. The van der Waals surface area contributed by atoms with E-state index in [0.717, 1.165) is 35.5 Å². The third-order valence-electron chi connectivity index (χ3n) is 6.52. The van der Waals surface area contributed by atoms with Gasteiger partial charge >= 0.3 is 5.97 Å². The van der Waals surface area contributed by atoms with Crippen LogP contribution in [0.3, 0.4) is 0 Å². The van der Waals surface area contributed by atoms with Crippen molar-refractivity contribution in [3.8, 4) is 11.4 Å². The molecule has 1 N–H and O–H groups in total. The highest BCUT2D eigenvalue weighted by Crippen LogP contribution is 2.51. The first-order valence-electron chi connectivity index (χ1n) is 10.6. The van der Waals surface area contributed by atoms with E-state index in [1.807, 2.05) is 36.4 Å². The minimum absolute atomic E-state index is 0.220. The molecule has 1 saturated carbocycles. The Balaban J connectivity index is 1.17. The van der Waals surface area contributed by atoms with Crippen molar-refractivity contribution in [1.29, 1.82) is 0 Å². The summed E-state index contributed by atoms with van der Waals surface area (Å²) in [5.41, 5.74) is 3.63. The quantitative estimate of drug-likeness (QED) is 0.556. The van der Waals surface area contributed by atoms with Gasteiger partial charge in [-0.25, -0.2) is 0 Å². The van der Waals surface area contributed by atoms with Crippen molar-refractivity contribution < 1.29 is 14.4 Å². The molecule has 5 rings (SSSR count). The monoisotopic (exact) mass is 437 g/mol. The standard InChI is InChI=1S/C24H24ClN3O3/c25-20-7-5-19(6-8-20)24(11-12-24)10-9-21-26-22(27-31-21)17-3-1-16(2-4-17)13-28-14-18(15-28)23(29)30/h1-8,18H,9-15H2,(H,29,30). The lowest BCUT2D eigenvalue weighted by Gasteiger charge is -2.36. The predicted molar refractivity (Wildman–Crippen MR) is 117 cm³/mol. The first-order chi connectivity index (χ1) is 15.0. The second-order valence-electron chi connectivity index (χ2n) is 8.73. The van der Waals surface area contributed by atoms with Crippen molar-refractivity contribution in [3.63, 3.8) is 0 Å². The maximum Gasteiger partial charge on any atom is 0.309 e. The lowest BCUT2D eigenvalue weighted by Crippen LogP contribution is -2.49. The Bertz CT molecular complexity index is 1070. The number of hydrogen-bond acceptors (Lipinski definition) is 5. The molecule has 1 aliphatic carbocycles. The number of nitrogens with zero attached hydrogens (tertiary/aromatic N) is 3. The Labute approximate surface area is 185 Å². The van der Waals surface area contributed by atoms with Gasteiger partial charge in [-0.3, -0.25) is 9.69 Å². The summed E-state index contributed by atoms with van der Waals surface area (Å²) in [4.78, 5) is 17.6. The van der Waals surface area contributed by atoms with Crippen LogP contribution in [0, 0.1) is 5.92 Å². The largest absolute Gasteiger partial charge is 0.481 e. The molecular weight excluding hydrogens is 414 g/mol. The van der Waals surface area contributed by atoms with Crippen molar-refractivity contribution in [1.82, 2.24) is 15.0 Å². The zero-order valence-corrected chi connectivity index (χ0v) is 17.9. The predicted octanol–water partition coefficient (Wildman–Crippen LogP) is 4.57. The number of carboxylic acid groups (broad SMARTS) is 1. The van der Waals surface area contributed by atoms with Gasteiger partial charge in [-0.2, -0.15) is 4.98 Å². The van der Waals surface area contributed by atoms with Crippen LogP contribution in [0.1, 0.15) is 36.3 Å². The molecule has 2 fully saturated rings. The number of likely N-dealkylation sites (tertiary alicyclic amines) is 1. The second kappa shape index (κ2) is 8.09. The van der Waals surface area contributed by atoms with Gasteiger partial charge in [-0.1, -0.05) is 53.2 Å². The molecule has 2 heterocycles. The molecule has 0 bridgehead atoms. The van der Waals surface area contributed by atoms with E-state index in [0.29, 0.717) is 24.8 Å². The highest BCUT2D eigenvalue weighted by atomic mass is 35.5. The SMILES string of the molecule is O=C(O)C1CN(Cc2ccc(-c3noc(CCC4(c5ccc(Cl)cc5)CC4)n3)cc2)C1. The number of aryl methyl sites for hydroxylation is 1. The number of hydrogen-bond donors (Lipinski definition) is 1. The topological polar surface area (TPSA) is 79.5 Å². The normalized spacial score (nSPS) is 18.0. The van der Waals surface area contributed by atoms with Crippen LogP contribution >= 0.6 is 11.6 Å². The Morgan fingerprint density at radius 1 is 1.13 bits per heavy atom. The summed E-state index contributed by atoms with van der Waals surface area (Å²) in [5.74, 6) is 0.333. The Hall–Kier alpha value is -2.70. The summed E-state index contributed by atoms with van der Waals surface area (Å²) in [6, 6.07) is 16.2.